The van der Waals surface area contributed by atoms with Crippen molar-refractivity contribution in [1.82, 2.24) is 31.5 Å². The molecule has 11 nitrogen and oxygen atoms in total. The second kappa shape index (κ2) is 15.4. The van der Waals surface area contributed by atoms with Crippen molar-refractivity contribution in [2.75, 3.05) is 20.1 Å². The number of carbonyl (C=O) groups excluding carboxylic acids is 5. The predicted molar refractivity (Wildman–Crippen MR) is 153 cm³/mol. The molecule has 0 saturated carbocycles. The summed E-state index contributed by atoms with van der Waals surface area (Å²) >= 11 is 0. The van der Waals surface area contributed by atoms with E-state index in [9.17, 15) is 24.0 Å². The van der Waals surface area contributed by atoms with Crippen LogP contribution < -0.4 is 26.6 Å². The van der Waals surface area contributed by atoms with Gasteiger partial charge in [-0.05, 0) is 44.1 Å². The largest absolute Gasteiger partial charge is 0.350 e. The summed E-state index contributed by atoms with van der Waals surface area (Å²) in [6.07, 6.45) is 0.898. The van der Waals surface area contributed by atoms with Gasteiger partial charge in [0.2, 0.25) is 29.5 Å². The van der Waals surface area contributed by atoms with Gasteiger partial charge in [-0.2, -0.15) is 0 Å². The summed E-state index contributed by atoms with van der Waals surface area (Å²) in [6, 6.07) is 5.76. The minimum absolute atomic E-state index is 0.0648. The van der Waals surface area contributed by atoms with E-state index in [1.54, 1.807) is 6.92 Å². The van der Waals surface area contributed by atoms with E-state index in [4.69, 9.17) is 0 Å². The van der Waals surface area contributed by atoms with Crippen LogP contribution in [0.3, 0.4) is 0 Å². The Bertz CT molecular complexity index is 1030. The lowest BCUT2D eigenvalue weighted by atomic mass is 10.0. The van der Waals surface area contributed by atoms with E-state index in [1.165, 1.54) is 18.9 Å². The van der Waals surface area contributed by atoms with Crippen molar-refractivity contribution in [2.24, 2.45) is 11.8 Å². The number of amides is 5. The van der Waals surface area contributed by atoms with E-state index in [2.05, 4.69) is 26.6 Å². The lowest BCUT2D eigenvalue weighted by Gasteiger charge is -2.31. The van der Waals surface area contributed by atoms with Gasteiger partial charge >= 0.3 is 0 Å². The van der Waals surface area contributed by atoms with Crippen LogP contribution in [0.5, 0.6) is 0 Å². The fourth-order valence-corrected chi connectivity index (χ4v) is 4.49. The Hall–Kier alpha value is -3.47. The van der Waals surface area contributed by atoms with Gasteiger partial charge in [0.1, 0.15) is 24.2 Å². The molecule has 0 aliphatic carbocycles. The van der Waals surface area contributed by atoms with Crippen LogP contribution in [0.2, 0.25) is 0 Å². The Morgan fingerprint density at radius 1 is 0.850 bits per heavy atom. The van der Waals surface area contributed by atoms with Gasteiger partial charge in [-0.3, -0.25) is 24.0 Å². The molecule has 1 aromatic carbocycles. The number of benzene rings is 1. The van der Waals surface area contributed by atoms with Crippen LogP contribution in [-0.4, -0.2) is 84.8 Å². The third kappa shape index (κ3) is 9.93. The lowest BCUT2D eigenvalue weighted by molar-refractivity contribution is -0.142. The normalized spacial score (nSPS) is 26.5. The van der Waals surface area contributed by atoms with Gasteiger partial charge in [-0.25, -0.2) is 0 Å². The van der Waals surface area contributed by atoms with E-state index < -0.39 is 41.9 Å². The Labute approximate surface area is 237 Å². The molecule has 1 aliphatic heterocycles. The minimum atomic E-state index is -0.945. The molecule has 0 unspecified atom stereocenters. The Balaban J connectivity index is 2.35. The number of nitrogens with one attached hydrogen (secondary N) is 5. The van der Waals surface area contributed by atoms with Gasteiger partial charge in [0.05, 0.1) is 6.54 Å². The van der Waals surface area contributed by atoms with E-state index in [0.717, 1.165) is 5.56 Å². The van der Waals surface area contributed by atoms with Crippen molar-refractivity contribution in [1.29, 1.82) is 0 Å². The lowest BCUT2D eigenvalue weighted by Crippen LogP contribution is -2.59. The highest BCUT2D eigenvalue weighted by Gasteiger charge is 2.33. The van der Waals surface area contributed by atoms with Crippen LogP contribution in [0.15, 0.2) is 30.3 Å². The first-order chi connectivity index (χ1) is 18.8. The van der Waals surface area contributed by atoms with Crippen molar-refractivity contribution < 1.29 is 24.0 Å². The van der Waals surface area contributed by atoms with E-state index in [0.29, 0.717) is 19.4 Å². The molecule has 1 saturated heterocycles. The Kier molecular flexibility index (Phi) is 12.6. The van der Waals surface area contributed by atoms with Crippen LogP contribution in [0.1, 0.15) is 53.5 Å². The Morgan fingerprint density at radius 2 is 1.50 bits per heavy atom. The zero-order valence-corrected chi connectivity index (χ0v) is 24.7. The average molecular weight is 559 g/mol. The molecule has 5 atom stereocenters. The average Bonchev–Trinajstić information content (AvgIpc) is 2.89. The molecule has 1 fully saturated rings. The van der Waals surface area contributed by atoms with Gasteiger partial charge in [0, 0.05) is 19.6 Å². The van der Waals surface area contributed by atoms with Gasteiger partial charge in [0.25, 0.3) is 0 Å². The smallest absolute Gasteiger partial charge is 0.245 e. The molecule has 0 aromatic heterocycles. The first-order valence-corrected chi connectivity index (χ1v) is 14.0. The minimum Gasteiger partial charge on any atom is -0.350 e. The summed E-state index contributed by atoms with van der Waals surface area (Å²) in [5, 5.41) is 14.3. The summed E-state index contributed by atoms with van der Waals surface area (Å²) < 4.78 is 0. The van der Waals surface area contributed by atoms with Crippen molar-refractivity contribution in [3.8, 4) is 0 Å². The van der Waals surface area contributed by atoms with E-state index >= 15 is 0 Å². The third-order valence-corrected chi connectivity index (χ3v) is 6.99. The van der Waals surface area contributed by atoms with E-state index in [1.807, 2.05) is 58.0 Å². The zero-order chi connectivity index (χ0) is 30.0. The molecule has 1 heterocycles. The third-order valence-electron chi connectivity index (χ3n) is 6.99. The molecule has 1 aromatic rings. The highest BCUT2D eigenvalue weighted by Crippen LogP contribution is 2.11. The highest BCUT2D eigenvalue weighted by atomic mass is 16.2. The number of likely N-dealkylation sites (N-methyl/N-ethyl adjacent to an activating group) is 1. The number of rotatable bonds is 5. The maximum atomic E-state index is 13.3. The molecule has 11 heteroatoms. The molecular formula is C29H46N6O5. The molecule has 2 rings (SSSR count). The first-order valence-electron chi connectivity index (χ1n) is 14.0. The summed E-state index contributed by atoms with van der Waals surface area (Å²) in [5.74, 6) is -2.26. The van der Waals surface area contributed by atoms with Crippen molar-refractivity contribution in [3.05, 3.63) is 35.9 Å². The molecular weight excluding hydrogens is 512 g/mol. The van der Waals surface area contributed by atoms with Crippen LogP contribution in [0.25, 0.3) is 0 Å². The molecule has 222 valence electrons. The summed E-state index contributed by atoms with van der Waals surface area (Å²) in [6.45, 7) is 10.9. The monoisotopic (exact) mass is 558 g/mol. The summed E-state index contributed by atoms with van der Waals surface area (Å²) in [5.41, 5.74) is 1.00. The predicted octanol–water partition coefficient (Wildman–Crippen LogP) is 0.340. The quantitative estimate of drug-likeness (QED) is 0.352. The van der Waals surface area contributed by atoms with E-state index in [-0.39, 0.29) is 36.2 Å². The van der Waals surface area contributed by atoms with Crippen LogP contribution in [0, 0.1) is 11.8 Å². The molecule has 0 bridgehead atoms. The first kappa shape index (κ1) is 32.7. The Morgan fingerprint density at radius 3 is 2.10 bits per heavy atom. The molecule has 5 N–H and O–H groups in total. The van der Waals surface area contributed by atoms with Gasteiger partial charge in [0.15, 0.2) is 0 Å². The second-order valence-corrected chi connectivity index (χ2v) is 11.4. The van der Waals surface area contributed by atoms with Gasteiger partial charge in [-0.1, -0.05) is 58.0 Å². The molecule has 0 radical (unpaired) electrons. The topological polar surface area (TPSA) is 149 Å². The van der Waals surface area contributed by atoms with Crippen molar-refractivity contribution >= 4 is 29.5 Å². The maximum absolute atomic E-state index is 13.3. The fourth-order valence-electron chi connectivity index (χ4n) is 4.49. The second-order valence-electron chi connectivity index (χ2n) is 11.4. The fraction of sp³-hybridized carbons (Fsp3) is 0.621. The van der Waals surface area contributed by atoms with Crippen LogP contribution in [-0.2, 0) is 30.4 Å². The molecule has 0 spiro atoms. The van der Waals surface area contributed by atoms with Crippen molar-refractivity contribution in [2.45, 2.75) is 84.6 Å². The van der Waals surface area contributed by atoms with Crippen molar-refractivity contribution in [3.63, 3.8) is 0 Å². The van der Waals surface area contributed by atoms with Crippen LogP contribution in [0.4, 0.5) is 0 Å². The van der Waals surface area contributed by atoms with Gasteiger partial charge in [-0.15, -0.1) is 0 Å². The summed E-state index contributed by atoms with van der Waals surface area (Å²) in [7, 11) is 1.50. The number of nitrogens with zero attached hydrogens (tertiary/aromatic N) is 1. The molecule has 5 amide bonds. The number of hydrogen-bond acceptors (Lipinski definition) is 6. The number of hydrogen-bond donors (Lipinski definition) is 5. The molecule has 40 heavy (non-hydrogen) atoms. The molecule has 1 aliphatic rings. The van der Waals surface area contributed by atoms with Crippen LogP contribution >= 0.6 is 0 Å². The van der Waals surface area contributed by atoms with Gasteiger partial charge < -0.3 is 31.5 Å². The standard InChI is InChI=1S/C29H46N6O5/c1-17(2)13-23-29(40)35(7)20(6)27(38)31-19(5)26(37)34-25(18(3)4)28(39)32-22(15-30-16-24(36)33-23)14-21-11-9-8-10-12-21/h8-12,17-20,22-23,25,30H,13-16H2,1-7H3,(H,31,38)(H,32,39)(H,33,36)(H,34,37)/t19-,20+,22+,23+,25+/m1/s1. The zero-order valence-electron chi connectivity index (χ0n) is 24.7. The summed E-state index contributed by atoms with van der Waals surface area (Å²) in [4.78, 5) is 66.7. The number of carbonyl (C=O) groups is 5. The SMILES string of the molecule is CC(C)C[C@@H]1NC(=O)CNC[C@H](Cc2ccccc2)NC(=O)[C@H](C(C)C)NC(=O)[C@@H](C)NC(=O)[C@H](C)N(C)C1=O. The maximum Gasteiger partial charge on any atom is 0.245 e. The highest BCUT2D eigenvalue weighted by molar-refractivity contribution is 5.95.